The molecule has 0 atom stereocenters. The molecular weight excluding hydrogens is 286 g/mol. The Balaban J connectivity index is 1.60. The fourth-order valence-electron chi connectivity index (χ4n) is 2.13. The van der Waals surface area contributed by atoms with Gasteiger partial charge in [-0.1, -0.05) is 6.07 Å². The number of nitrogens with zero attached hydrogens (tertiary/aromatic N) is 1. The first-order chi connectivity index (χ1) is 10.7. The van der Waals surface area contributed by atoms with Crippen LogP contribution in [0.1, 0.15) is 5.56 Å². The third-order valence-electron chi connectivity index (χ3n) is 3.21. The molecule has 1 aliphatic rings. The van der Waals surface area contributed by atoms with E-state index in [9.17, 15) is 9.59 Å². The molecule has 0 spiro atoms. The maximum absolute atomic E-state index is 11.8. The summed E-state index contributed by atoms with van der Waals surface area (Å²) < 4.78 is 9.83. The third kappa shape index (κ3) is 3.20. The van der Waals surface area contributed by atoms with Gasteiger partial charge in [-0.2, -0.15) is 0 Å². The zero-order valence-corrected chi connectivity index (χ0v) is 11.7. The minimum Gasteiger partial charge on any atom is -0.472 e. The highest BCUT2D eigenvalue weighted by atomic mass is 16.6. The van der Waals surface area contributed by atoms with Gasteiger partial charge in [-0.05, 0) is 24.3 Å². The van der Waals surface area contributed by atoms with Crippen molar-refractivity contribution in [3.05, 3.63) is 48.4 Å². The SMILES string of the molecule is O=C(NCc1ccoc1)Nc1cccc(N2CCOC2=O)c1. The van der Waals surface area contributed by atoms with Gasteiger partial charge < -0.3 is 19.8 Å². The number of ether oxygens (including phenoxy) is 1. The lowest BCUT2D eigenvalue weighted by atomic mass is 10.2. The number of rotatable bonds is 4. The minimum atomic E-state index is -0.374. The summed E-state index contributed by atoms with van der Waals surface area (Å²) in [6.07, 6.45) is 2.74. The Morgan fingerprint density at radius 3 is 2.95 bits per heavy atom. The Morgan fingerprint density at radius 2 is 2.23 bits per heavy atom. The zero-order chi connectivity index (χ0) is 15.4. The number of anilines is 2. The van der Waals surface area contributed by atoms with Crippen LogP contribution in [0, 0.1) is 0 Å². The molecule has 1 aromatic heterocycles. The fraction of sp³-hybridized carbons (Fsp3) is 0.200. The average Bonchev–Trinajstić information content (AvgIpc) is 3.16. The van der Waals surface area contributed by atoms with Crippen molar-refractivity contribution in [3.8, 4) is 0 Å². The molecule has 7 heteroatoms. The van der Waals surface area contributed by atoms with E-state index in [4.69, 9.17) is 9.15 Å². The molecule has 0 aliphatic carbocycles. The van der Waals surface area contributed by atoms with Gasteiger partial charge in [0.1, 0.15) is 6.61 Å². The van der Waals surface area contributed by atoms with Crippen LogP contribution in [-0.4, -0.2) is 25.3 Å². The van der Waals surface area contributed by atoms with E-state index in [2.05, 4.69) is 10.6 Å². The summed E-state index contributed by atoms with van der Waals surface area (Å²) in [5.74, 6) is 0. The molecule has 0 bridgehead atoms. The lowest BCUT2D eigenvalue weighted by Crippen LogP contribution is -2.28. The van der Waals surface area contributed by atoms with Crippen molar-refractivity contribution >= 4 is 23.5 Å². The molecule has 22 heavy (non-hydrogen) atoms. The van der Waals surface area contributed by atoms with Gasteiger partial charge in [0.2, 0.25) is 0 Å². The molecule has 0 saturated carbocycles. The molecule has 114 valence electrons. The summed E-state index contributed by atoms with van der Waals surface area (Å²) in [4.78, 5) is 24.9. The monoisotopic (exact) mass is 301 g/mol. The van der Waals surface area contributed by atoms with Gasteiger partial charge in [-0.15, -0.1) is 0 Å². The van der Waals surface area contributed by atoms with Crippen molar-refractivity contribution in [3.63, 3.8) is 0 Å². The molecule has 2 heterocycles. The predicted octanol–water partition coefficient (Wildman–Crippen LogP) is 2.56. The van der Waals surface area contributed by atoms with Crippen LogP contribution < -0.4 is 15.5 Å². The van der Waals surface area contributed by atoms with E-state index < -0.39 is 0 Å². The van der Waals surface area contributed by atoms with Gasteiger partial charge in [-0.3, -0.25) is 4.90 Å². The van der Waals surface area contributed by atoms with Crippen LogP contribution in [0.15, 0.2) is 47.3 Å². The van der Waals surface area contributed by atoms with Crippen LogP contribution >= 0.6 is 0 Å². The van der Waals surface area contributed by atoms with Gasteiger partial charge in [0.05, 0.1) is 19.1 Å². The Hall–Kier alpha value is -2.96. The highest BCUT2D eigenvalue weighted by molar-refractivity contribution is 5.93. The lowest BCUT2D eigenvalue weighted by Gasteiger charge is -2.14. The normalized spacial score (nSPS) is 13.8. The van der Waals surface area contributed by atoms with Gasteiger partial charge in [-0.25, -0.2) is 9.59 Å². The quantitative estimate of drug-likeness (QED) is 0.909. The summed E-state index contributed by atoms with van der Waals surface area (Å²) in [6, 6.07) is 8.49. The Kier molecular flexibility index (Phi) is 3.95. The van der Waals surface area contributed by atoms with E-state index in [1.54, 1.807) is 42.9 Å². The molecule has 1 aliphatic heterocycles. The second-order valence-electron chi connectivity index (χ2n) is 4.76. The third-order valence-corrected chi connectivity index (χ3v) is 3.21. The summed E-state index contributed by atoms with van der Waals surface area (Å²) in [7, 11) is 0. The van der Waals surface area contributed by atoms with Crippen molar-refractivity contribution < 1.29 is 18.7 Å². The van der Waals surface area contributed by atoms with E-state index in [1.807, 2.05) is 0 Å². The second-order valence-corrected chi connectivity index (χ2v) is 4.76. The molecule has 1 fully saturated rings. The van der Waals surface area contributed by atoms with Crippen LogP contribution in [0.5, 0.6) is 0 Å². The van der Waals surface area contributed by atoms with Gasteiger partial charge >= 0.3 is 12.1 Å². The summed E-state index contributed by atoms with van der Waals surface area (Å²) >= 11 is 0. The molecule has 3 amide bonds. The van der Waals surface area contributed by atoms with Crippen LogP contribution in [0.2, 0.25) is 0 Å². The van der Waals surface area contributed by atoms with E-state index in [0.29, 0.717) is 31.1 Å². The predicted molar refractivity (Wildman–Crippen MR) is 79.7 cm³/mol. The van der Waals surface area contributed by atoms with Crippen molar-refractivity contribution in [2.75, 3.05) is 23.4 Å². The maximum atomic E-state index is 11.8. The van der Waals surface area contributed by atoms with Crippen LogP contribution in [0.3, 0.4) is 0 Å². The van der Waals surface area contributed by atoms with Crippen LogP contribution in [-0.2, 0) is 11.3 Å². The number of amides is 3. The van der Waals surface area contributed by atoms with E-state index >= 15 is 0 Å². The fourth-order valence-corrected chi connectivity index (χ4v) is 2.13. The van der Waals surface area contributed by atoms with E-state index in [1.165, 1.54) is 4.90 Å². The van der Waals surface area contributed by atoms with Crippen LogP contribution in [0.25, 0.3) is 0 Å². The second kappa shape index (κ2) is 6.21. The first kappa shape index (κ1) is 14.0. The number of benzene rings is 1. The Morgan fingerprint density at radius 1 is 1.32 bits per heavy atom. The number of furan rings is 1. The summed E-state index contributed by atoms with van der Waals surface area (Å²) in [5.41, 5.74) is 2.17. The Labute approximate surface area is 126 Å². The molecule has 0 unspecified atom stereocenters. The minimum absolute atomic E-state index is 0.331. The molecular formula is C15H15N3O4. The van der Waals surface area contributed by atoms with Gasteiger partial charge in [0.25, 0.3) is 0 Å². The Bertz CT molecular complexity index is 669. The molecule has 1 aromatic carbocycles. The summed E-state index contributed by atoms with van der Waals surface area (Å²) in [6.45, 7) is 1.26. The number of cyclic esters (lactones) is 1. The molecule has 7 nitrogen and oxygen atoms in total. The van der Waals surface area contributed by atoms with E-state index in [-0.39, 0.29) is 12.1 Å². The zero-order valence-electron chi connectivity index (χ0n) is 11.7. The summed E-state index contributed by atoms with van der Waals surface area (Å²) in [5, 5.41) is 5.44. The number of carbonyl (C=O) groups is 2. The smallest absolute Gasteiger partial charge is 0.414 e. The maximum Gasteiger partial charge on any atom is 0.414 e. The van der Waals surface area contributed by atoms with Crippen molar-refractivity contribution in [2.45, 2.75) is 6.54 Å². The molecule has 2 N–H and O–H groups in total. The number of hydrogen-bond donors (Lipinski definition) is 2. The van der Waals surface area contributed by atoms with Gasteiger partial charge in [0.15, 0.2) is 0 Å². The molecule has 3 rings (SSSR count). The number of carbonyl (C=O) groups excluding carboxylic acids is 2. The first-order valence-corrected chi connectivity index (χ1v) is 6.83. The topological polar surface area (TPSA) is 83.8 Å². The highest BCUT2D eigenvalue weighted by Crippen LogP contribution is 2.22. The molecule has 1 saturated heterocycles. The number of hydrogen-bond acceptors (Lipinski definition) is 4. The van der Waals surface area contributed by atoms with Crippen molar-refractivity contribution in [1.82, 2.24) is 5.32 Å². The van der Waals surface area contributed by atoms with Crippen molar-refractivity contribution in [2.24, 2.45) is 0 Å². The molecule has 0 radical (unpaired) electrons. The lowest BCUT2D eigenvalue weighted by molar-refractivity contribution is 0.181. The number of nitrogens with one attached hydrogen (secondary N) is 2. The van der Waals surface area contributed by atoms with E-state index in [0.717, 1.165) is 5.56 Å². The number of urea groups is 1. The standard InChI is InChI=1S/C15H15N3O4/c19-14(16-9-11-4-6-21-10-11)17-12-2-1-3-13(8-12)18-5-7-22-15(18)20/h1-4,6,8,10H,5,7,9H2,(H2,16,17,19). The largest absolute Gasteiger partial charge is 0.472 e. The van der Waals surface area contributed by atoms with Crippen LogP contribution in [0.4, 0.5) is 21.0 Å². The average molecular weight is 301 g/mol. The highest BCUT2D eigenvalue weighted by Gasteiger charge is 2.23. The van der Waals surface area contributed by atoms with Gasteiger partial charge in [0, 0.05) is 23.5 Å². The first-order valence-electron chi connectivity index (χ1n) is 6.83. The van der Waals surface area contributed by atoms with Crippen molar-refractivity contribution in [1.29, 1.82) is 0 Å². The molecule has 2 aromatic rings.